The van der Waals surface area contributed by atoms with Crippen LogP contribution in [-0.2, 0) is 28.5 Å². The molecule has 0 aliphatic rings. The average molecular weight is 464 g/mol. The zero-order valence-corrected chi connectivity index (χ0v) is 19.6. The van der Waals surface area contributed by atoms with Crippen molar-refractivity contribution in [1.82, 2.24) is 14.4 Å². The first-order valence-corrected chi connectivity index (χ1v) is 11.6. The van der Waals surface area contributed by atoms with Gasteiger partial charge in [0.05, 0.1) is 4.90 Å². The molecule has 0 saturated heterocycles. The molecular weight excluding hydrogens is 438 g/mol. The molecule has 3 aromatic rings. The van der Waals surface area contributed by atoms with Gasteiger partial charge in [0.15, 0.2) is 12.4 Å². The second kappa shape index (κ2) is 9.38. The Balaban J connectivity index is 1.56. The number of likely N-dealkylation sites (N-methyl/N-ethyl adjacent to an activating group) is 1. The predicted molar refractivity (Wildman–Crippen MR) is 119 cm³/mol. The zero-order valence-electron chi connectivity index (χ0n) is 18.0. The second-order valence-electron chi connectivity index (χ2n) is 8.20. The summed E-state index contributed by atoms with van der Waals surface area (Å²) in [5.74, 6) is 1.36. The van der Waals surface area contributed by atoms with Crippen LogP contribution in [0, 0.1) is 0 Å². The lowest BCUT2D eigenvalue weighted by Gasteiger charge is -2.20. The molecule has 0 fully saturated rings. The molecule has 1 aromatic heterocycles. The molecule has 0 atom stereocenters. The highest BCUT2D eigenvalue weighted by Gasteiger charge is 2.22. The van der Waals surface area contributed by atoms with Crippen molar-refractivity contribution in [2.45, 2.75) is 44.1 Å². The quantitative estimate of drug-likeness (QED) is 0.490. The maximum Gasteiger partial charge on any atom is 0.264 e. The van der Waals surface area contributed by atoms with Crippen molar-refractivity contribution in [2.75, 3.05) is 13.6 Å². The van der Waals surface area contributed by atoms with Gasteiger partial charge < -0.3 is 9.26 Å². The SMILES string of the molecule is CN(CCc1noc(COc2ccc(Cl)cc2)n1)S(=O)(=O)c1ccc(C(C)(C)C)cc1. The third kappa shape index (κ3) is 6.06. The third-order valence-corrected chi connectivity index (χ3v) is 6.89. The van der Waals surface area contributed by atoms with Gasteiger partial charge >= 0.3 is 0 Å². The van der Waals surface area contributed by atoms with E-state index in [-0.39, 0.29) is 23.5 Å². The third-order valence-electron chi connectivity index (χ3n) is 4.76. The van der Waals surface area contributed by atoms with Crippen molar-refractivity contribution in [3.05, 3.63) is 70.8 Å². The number of hydrogen-bond donors (Lipinski definition) is 0. The monoisotopic (exact) mass is 463 g/mol. The van der Waals surface area contributed by atoms with Crippen molar-refractivity contribution >= 4 is 21.6 Å². The molecule has 0 aliphatic carbocycles. The minimum atomic E-state index is -3.60. The van der Waals surface area contributed by atoms with Gasteiger partial charge in [-0.2, -0.15) is 4.98 Å². The van der Waals surface area contributed by atoms with Gasteiger partial charge in [0.1, 0.15) is 5.75 Å². The summed E-state index contributed by atoms with van der Waals surface area (Å²) in [6.07, 6.45) is 0.320. The topological polar surface area (TPSA) is 85.5 Å². The number of aromatic nitrogens is 2. The van der Waals surface area contributed by atoms with Crippen LogP contribution in [0.1, 0.15) is 38.0 Å². The zero-order chi connectivity index (χ0) is 22.6. The van der Waals surface area contributed by atoms with Gasteiger partial charge in [-0.3, -0.25) is 0 Å². The van der Waals surface area contributed by atoms with Crippen molar-refractivity contribution in [3.8, 4) is 5.75 Å². The minimum absolute atomic E-state index is 0.0399. The lowest BCUT2D eigenvalue weighted by molar-refractivity contribution is 0.242. The van der Waals surface area contributed by atoms with E-state index in [0.29, 0.717) is 28.9 Å². The van der Waals surface area contributed by atoms with Gasteiger partial charge in [-0.05, 0) is 47.4 Å². The highest BCUT2D eigenvalue weighted by molar-refractivity contribution is 7.89. The van der Waals surface area contributed by atoms with Crippen LogP contribution in [0.3, 0.4) is 0 Å². The van der Waals surface area contributed by atoms with E-state index in [0.717, 1.165) is 5.56 Å². The number of ether oxygens (including phenoxy) is 1. The molecule has 0 N–H and O–H groups in total. The van der Waals surface area contributed by atoms with E-state index in [2.05, 4.69) is 30.9 Å². The van der Waals surface area contributed by atoms with Crippen molar-refractivity contribution in [3.63, 3.8) is 0 Å². The van der Waals surface area contributed by atoms with Crippen LogP contribution in [0.15, 0.2) is 57.9 Å². The number of benzene rings is 2. The first-order valence-electron chi connectivity index (χ1n) is 9.82. The summed E-state index contributed by atoms with van der Waals surface area (Å²) in [4.78, 5) is 4.52. The molecule has 0 saturated carbocycles. The Bertz CT molecular complexity index is 1100. The molecule has 2 aromatic carbocycles. The molecule has 0 bridgehead atoms. The minimum Gasteiger partial charge on any atom is -0.484 e. The molecule has 0 radical (unpaired) electrons. The van der Waals surface area contributed by atoms with Crippen molar-refractivity contribution < 1.29 is 17.7 Å². The molecule has 3 rings (SSSR count). The van der Waals surface area contributed by atoms with E-state index in [1.54, 1.807) is 36.4 Å². The molecule has 0 spiro atoms. The summed E-state index contributed by atoms with van der Waals surface area (Å²) in [5.41, 5.74) is 1.04. The maximum absolute atomic E-state index is 12.8. The van der Waals surface area contributed by atoms with Crippen molar-refractivity contribution in [1.29, 1.82) is 0 Å². The van der Waals surface area contributed by atoms with E-state index < -0.39 is 10.0 Å². The highest BCUT2D eigenvalue weighted by Crippen LogP contribution is 2.24. The van der Waals surface area contributed by atoms with Gasteiger partial charge in [-0.1, -0.05) is 49.7 Å². The normalized spacial score (nSPS) is 12.3. The predicted octanol–water partition coefficient (Wildman–Crippen LogP) is 4.46. The number of hydrogen-bond acceptors (Lipinski definition) is 6. The Hall–Kier alpha value is -2.42. The van der Waals surface area contributed by atoms with Gasteiger partial charge in [-0.15, -0.1) is 0 Å². The molecule has 9 heteroatoms. The first-order chi connectivity index (χ1) is 14.6. The summed E-state index contributed by atoms with van der Waals surface area (Å²) in [5, 5.41) is 4.52. The van der Waals surface area contributed by atoms with Crippen LogP contribution in [0.25, 0.3) is 0 Å². The lowest BCUT2D eigenvalue weighted by atomic mass is 9.87. The molecule has 1 heterocycles. The van der Waals surface area contributed by atoms with Crippen LogP contribution in [0.5, 0.6) is 5.75 Å². The molecule has 166 valence electrons. The first kappa shape index (κ1) is 23.2. The van der Waals surface area contributed by atoms with Gasteiger partial charge in [0.25, 0.3) is 5.89 Å². The molecule has 0 amide bonds. The Labute approximate surface area is 188 Å². The Morgan fingerprint density at radius 3 is 2.32 bits per heavy atom. The summed E-state index contributed by atoms with van der Waals surface area (Å²) >= 11 is 5.85. The summed E-state index contributed by atoms with van der Waals surface area (Å²) in [6.45, 7) is 6.59. The van der Waals surface area contributed by atoms with E-state index in [1.807, 2.05) is 12.1 Å². The fraction of sp³-hybridized carbons (Fsp3) is 0.364. The van der Waals surface area contributed by atoms with Crippen LogP contribution in [0.2, 0.25) is 5.02 Å². The van der Waals surface area contributed by atoms with E-state index >= 15 is 0 Å². The van der Waals surface area contributed by atoms with E-state index in [9.17, 15) is 8.42 Å². The van der Waals surface area contributed by atoms with E-state index in [1.165, 1.54) is 11.4 Å². The number of halogens is 1. The fourth-order valence-corrected chi connectivity index (χ4v) is 4.11. The fourth-order valence-electron chi connectivity index (χ4n) is 2.81. The van der Waals surface area contributed by atoms with Crippen LogP contribution < -0.4 is 4.74 Å². The molecule has 0 aliphatic heterocycles. The van der Waals surface area contributed by atoms with E-state index in [4.69, 9.17) is 20.9 Å². The van der Waals surface area contributed by atoms with Crippen LogP contribution >= 0.6 is 11.6 Å². The average Bonchev–Trinajstić information content (AvgIpc) is 3.19. The molecule has 0 unspecified atom stereocenters. The highest BCUT2D eigenvalue weighted by atomic mass is 35.5. The summed E-state index contributed by atoms with van der Waals surface area (Å²) in [7, 11) is -2.06. The molecule has 31 heavy (non-hydrogen) atoms. The maximum atomic E-state index is 12.8. The smallest absolute Gasteiger partial charge is 0.264 e. The number of rotatable bonds is 8. The Morgan fingerprint density at radius 1 is 1.06 bits per heavy atom. The van der Waals surface area contributed by atoms with Gasteiger partial charge in [0, 0.05) is 25.0 Å². The molecule has 7 nitrogen and oxygen atoms in total. The summed E-state index contributed by atoms with van der Waals surface area (Å²) in [6, 6.07) is 13.9. The standard InChI is InChI=1S/C22H26ClN3O4S/c1-22(2,3)16-5-11-19(12-6-16)31(27,28)26(4)14-13-20-24-21(30-25-20)15-29-18-9-7-17(23)8-10-18/h5-12H,13-15H2,1-4H3. The Morgan fingerprint density at radius 2 is 1.71 bits per heavy atom. The number of nitrogens with zero attached hydrogens (tertiary/aromatic N) is 3. The van der Waals surface area contributed by atoms with Gasteiger partial charge in [-0.25, -0.2) is 12.7 Å². The largest absolute Gasteiger partial charge is 0.484 e. The lowest BCUT2D eigenvalue weighted by Crippen LogP contribution is -2.29. The van der Waals surface area contributed by atoms with Crippen LogP contribution in [0.4, 0.5) is 0 Å². The second-order valence-corrected chi connectivity index (χ2v) is 10.7. The molecular formula is C22H26ClN3O4S. The Kier molecular flexibility index (Phi) is 7.03. The van der Waals surface area contributed by atoms with Gasteiger partial charge in [0.2, 0.25) is 10.0 Å². The number of sulfonamides is 1. The van der Waals surface area contributed by atoms with Crippen LogP contribution in [-0.4, -0.2) is 36.5 Å². The van der Waals surface area contributed by atoms with Crippen molar-refractivity contribution in [2.24, 2.45) is 0 Å². The summed E-state index contributed by atoms with van der Waals surface area (Å²) < 4.78 is 37.7.